The fourth-order valence-electron chi connectivity index (χ4n) is 1.17. The first-order chi connectivity index (χ1) is 6.50. The first kappa shape index (κ1) is 9.71. The molecule has 0 aliphatic carbocycles. The van der Waals surface area contributed by atoms with Crippen LogP contribution < -0.4 is 11.1 Å². The standard InChI is InChI=1S/C7H6IN3O2S/c8-4-2-1-3-5-6(4)10-7(9)11-14(5,12)13/h1-3H,(H3,9,10,11). The van der Waals surface area contributed by atoms with Gasteiger partial charge in [-0.15, -0.1) is 4.40 Å². The quantitative estimate of drug-likeness (QED) is 0.689. The van der Waals surface area contributed by atoms with Gasteiger partial charge in [0.2, 0.25) is 5.96 Å². The number of benzene rings is 1. The monoisotopic (exact) mass is 323 g/mol. The van der Waals surface area contributed by atoms with Crippen molar-refractivity contribution in [2.24, 2.45) is 10.1 Å². The summed E-state index contributed by atoms with van der Waals surface area (Å²) in [6.45, 7) is 0. The number of para-hydroxylation sites is 1. The maximum Gasteiger partial charge on any atom is 0.287 e. The van der Waals surface area contributed by atoms with Crippen LogP contribution >= 0.6 is 22.6 Å². The number of sulfonamides is 1. The van der Waals surface area contributed by atoms with Crippen LogP contribution in [-0.4, -0.2) is 14.4 Å². The molecular weight excluding hydrogens is 317 g/mol. The van der Waals surface area contributed by atoms with Crippen LogP contribution in [0.15, 0.2) is 27.5 Å². The minimum absolute atomic E-state index is 0.0957. The van der Waals surface area contributed by atoms with Crippen LogP contribution in [0.3, 0.4) is 0 Å². The lowest BCUT2D eigenvalue weighted by atomic mass is 10.3. The predicted octanol–water partition coefficient (Wildman–Crippen LogP) is 0.720. The molecule has 1 aromatic carbocycles. The minimum Gasteiger partial charge on any atom is -0.369 e. The van der Waals surface area contributed by atoms with Gasteiger partial charge in [0, 0.05) is 3.57 Å². The van der Waals surface area contributed by atoms with E-state index < -0.39 is 10.0 Å². The van der Waals surface area contributed by atoms with Gasteiger partial charge in [0.05, 0.1) is 5.69 Å². The summed E-state index contributed by atoms with van der Waals surface area (Å²) in [5.74, 6) is -0.0957. The average Bonchev–Trinajstić information content (AvgIpc) is 2.05. The summed E-state index contributed by atoms with van der Waals surface area (Å²) in [6, 6.07) is 4.95. The third-order valence-corrected chi connectivity index (χ3v) is 3.96. The van der Waals surface area contributed by atoms with Gasteiger partial charge in [-0.3, -0.25) is 0 Å². The highest BCUT2D eigenvalue weighted by atomic mass is 127. The molecule has 2 rings (SSSR count). The smallest absolute Gasteiger partial charge is 0.287 e. The molecule has 0 saturated heterocycles. The molecule has 14 heavy (non-hydrogen) atoms. The number of nitrogens with zero attached hydrogens (tertiary/aromatic N) is 1. The molecule has 0 spiro atoms. The number of nitrogens with one attached hydrogen (secondary N) is 1. The van der Waals surface area contributed by atoms with E-state index in [0.717, 1.165) is 3.57 Å². The van der Waals surface area contributed by atoms with Crippen LogP contribution in [0.1, 0.15) is 0 Å². The summed E-state index contributed by atoms with van der Waals surface area (Å²) in [4.78, 5) is 0.165. The second-order valence-electron chi connectivity index (χ2n) is 2.69. The Morgan fingerprint density at radius 2 is 2.14 bits per heavy atom. The Morgan fingerprint density at radius 3 is 2.86 bits per heavy atom. The van der Waals surface area contributed by atoms with Crippen LogP contribution in [-0.2, 0) is 10.0 Å². The van der Waals surface area contributed by atoms with E-state index in [1.54, 1.807) is 12.1 Å². The number of rotatable bonds is 0. The molecule has 0 unspecified atom stereocenters. The lowest BCUT2D eigenvalue weighted by Gasteiger charge is -2.16. The van der Waals surface area contributed by atoms with Gasteiger partial charge in [-0.1, -0.05) is 6.07 Å². The summed E-state index contributed by atoms with van der Waals surface area (Å²) in [5, 5.41) is 2.72. The molecule has 1 heterocycles. The summed E-state index contributed by atoms with van der Waals surface area (Å²) in [5.41, 5.74) is 5.85. The second-order valence-corrected chi connectivity index (χ2v) is 5.42. The normalized spacial score (nSPS) is 17.9. The average molecular weight is 323 g/mol. The van der Waals surface area contributed by atoms with E-state index in [2.05, 4.69) is 9.71 Å². The Labute approximate surface area is 94.6 Å². The Balaban J connectivity index is 2.78. The first-order valence-corrected chi connectivity index (χ1v) is 6.18. The summed E-state index contributed by atoms with van der Waals surface area (Å²) in [6.07, 6.45) is 0. The summed E-state index contributed by atoms with van der Waals surface area (Å²) < 4.78 is 27.2. The number of nitrogens with two attached hydrogens (primary N) is 1. The summed E-state index contributed by atoms with van der Waals surface area (Å²) >= 11 is 2.03. The highest BCUT2D eigenvalue weighted by Crippen LogP contribution is 2.30. The molecule has 0 atom stereocenters. The van der Waals surface area contributed by atoms with Gasteiger partial charge >= 0.3 is 0 Å². The van der Waals surface area contributed by atoms with Crippen LogP contribution in [0.4, 0.5) is 5.69 Å². The van der Waals surface area contributed by atoms with E-state index in [4.69, 9.17) is 5.73 Å². The molecule has 0 aromatic heterocycles. The van der Waals surface area contributed by atoms with E-state index >= 15 is 0 Å². The fourth-order valence-corrected chi connectivity index (χ4v) is 3.06. The van der Waals surface area contributed by atoms with E-state index in [1.165, 1.54) is 6.07 Å². The molecule has 3 N–H and O–H groups in total. The van der Waals surface area contributed by atoms with E-state index in [0.29, 0.717) is 5.69 Å². The molecule has 0 bridgehead atoms. The lowest BCUT2D eigenvalue weighted by Crippen LogP contribution is -2.29. The third-order valence-electron chi connectivity index (χ3n) is 1.72. The van der Waals surface area contributed by atoms with Crippen molar-refractivity contribution in [3.05, 3.63) is 21.8 Å². The van der Waals surface area contributed by atoms with Crippen LogP contribution in [0.25, 0.3) is 0 Å². The van der Waals surface area contributed by atoms with Gasteiger partial charge in [-0.05, 0) is 34.7 Å². The molecular formula is C7H6IN3O2S. The Bertz CT molecular complexity index is 524. The molecule has 74 valence electrons. The van der Waals surface area contributed by atoms with Crippen LogP contribution in [0, 0.1) is 3.57 Å². The van der Waals surface area contributed by atoms with Gasteiger partial charge in [-0.2, -0.15) is 8.42 Å². The van der Waals surface area contributed by atoms with Crippen LogP contribution in [0.2, 0.25) is 0 Å². The van der Waals surface area contributed by atoms with Crippen molar-refractivity contribution >= 4 is 44.3 Å². The zero-order chi connectivity index (χ0) is 10.3. The largest absolute Gasteiger partial charge is 0.369 e. The molecule has 0 saturated carbocycles. The van der Waals surface area contributed by atoms with Gasteiger partial charge in [0.15, 0.2) is 0 Å². The van der Waals surface area contributed by atoms with Crippen molar-refractivity contribution in [2.75, 3.05) is 5.32 Å². The summed E-state index contributed by atoms with van der Waals surface area (Å²) in [7, 11) is -3.62. The number of halogens is 1. The second kappa shape index (κ2) is 3.09. The maximum atomic E-state index is 11.5. The highest BCUT2D eigenvalue weighted by molar-refractivity contribution is 14.1. The number of hydrogen-bond donors (Lipinski definition) is 2. The zero-order valence-electron chi connectivity index (χ0n) is 6.86. The van der Waals surface area contributed by atoms with Crippen molar-refractivity contribution in [2.45, 2.75) is 4.90 Å². The Kier molecular flexibility index (Phi) is 2.14. The zero-order valence-corrected chi connectivity index (χ0v) is 9.83. The Morgan fingerprint density at radius 1 is 1.43 bits per heavy atom. The molecule has 1 aliphatic heterocycles. The Hall–Kier alpha value is -0.830. The van der Waals surface area contributed by atoms with Gasteiger partial charge in [0.25, 0.3) is 10.0 Å². The lowest BCUT2D eigenvalue weighted by molar-refractivity contribution is 0.597. The number of hydrogen-bond acceptors (Lipinski definition) is 4. The van der Waals surface area contributed by atoms with Crippen molar-refractivity contribution in [3.8, 4) is 0 Å². The van der Waals surface area contributed by atoms with E-state index in [-0.39, 0.29) is 10.9 Å². The fraction of sp³-hybridized carbons (Fsp3) is 0. The van der Waals surface area contributed by atoms with Crippen molar-refractivity contribution in [3.63, 3.8) is 0 Å². The molecule has 7 heteroatoms. The van der Waals surface area contributed by atoms with Crippen molar-refractivity contribution in [1.82, 2.24) is 0 Å². The molecule has 1 aliphatic rings. The number of fused-ring (bicyclic) bond motifs is 1. The van der Waals surface area contributed by atoms with Gasteiger partial charge in [0.1, 0.15) is 4.90 Å². The molecule has 0 radical (unpaired) electrons. The molecule has 1 aromatic rings. The van der Waals surface area contributed by atoms with Gasteiger partial charge in [-0.25, -0.2) is 0 Å². The topological polar surface area (TPSA) is 84.5 Å². The van der Waals surface area contributed by atoms with E-state index in [9.17, 15) is 8.42 Å². The SMILES string of the molecule is NC1=NS(=O)(=O)c2cccc(I)c2N1. The minimum atomic E-state index is -3.62. The third kappa shape index (κ3) is 1.46. The van der Waals surface area contributed by atoms with Gasteiger partial charge < -0.3 is 11.1 Å². The first-order valence-electron chi connectivity index (χ1n) is 3.67. The molecule has 5 nitrogen and oxygen atoms in total. The van der Waals surface area contributed by atoms with Crippen molar-refractivity contribution in [1.29, 1.82) is 0 Å². The van der Waals surface area contributed by atoms with Crippen LogP contribution in [0.5, 0.6) is 0 Å². The highest BCUT2D eigenvalue weighted by Gasteiger charge is 2.24. The maximum absolute atomic E-state index is 11.5. The number of anilines is 1. The van der Waals surface area contributed by atoms with Crippen molar-refractivity contribution < 1.29 is 8.42 Å². The molecule has 0 amide bonds. The van der Waals surface area contributed by atoms with E-state index in [1.807, 2.05) is 22.6 Å². The number of guanidine groups is 1. The molecule has 0 fully saturated rings. The predicted molar refractivity (Wildman–Crippen MR) is 61.6 cm³/mol.